The summed E-state index contributed by atoms with van der Waals surface area (Å²) in [6.45, 7) is 2.22. The molecule has 110 valence electrons. The van der Waals surface area contributed by atoms with Gasteiger partial charge in [0, 0.05) is 6.20 Å². The van der Waals surface area contributed by atoms with Gasteiger partial charge in [0.2, 0.25) is 0 Å². The van der Waals surface area contributed by atoms with Crippen molar-refractivity contribution in [3.05, 3.63) is 78.1 Å². The van der Waals surface area contributed by atoms with Crippen LogP contribution in [-0.2, 0) is 5.54 Å². The van der Waals surface area contributed by atoms with Gasteiger partial charge in [-0.25, -0.2) is 0 Å². The Bertz CT molecular complexity index is 819. The predicted molar refractivity (Wildman–Crippen MR) is 88.8 cm³/mol. The smallest absolute Gasteiger partial charge is 0.118 e. The lowest BCUT2D eigenvalue weighted by molar-refractivity contribution is 0.414. The van der Waals surface area contributed by atoms with Crippen LogP contribution in [0.15, 0.2) is 66.9 Å². The van der Waals surface area contributed by atoms with E-state index in [-0.39, 0.29) is 5.54 Å². The summed E-state index contributed by atoms with van der Waals surface area (Å²) in [7, 11) is 1.69. The largest absolute Gasteiger partial charge is 0.497 e. The SMILES string of the molecule is COc1ccc(C2(C)Nc3ccccc3-n3cccc32)cc1. The summed E-state index contributed by atoms with van der Waals surface area (Å²) in [5, 5.41) is 3.71. The van der Waals surface area contributed by atoms with Crippen LogP contribution in [0.4, 0.5) is 5.69 Å². The summed E-state index contributed by atoms with van der Waals surface area (Å²) >= 11 is 0. The minimum atomic E-state index is -0.274. The van der Waals surface area contributed by atoms with Gasteiger partial charge in [-0.05, 0) is 48.9 Å². The van der Waals surface area contributed by atoms with Crippen molar-refractivity contribution in [3.8, 4) is 11.4 Å². The molecule has 4 rings (SSSR count). The number of ether oxygens (including phenoxy) is 1. The monoisotopic (exact) mass is 290 g/mol. The third-order valence-corrected chi connectivity index (χ3v) is 4.48. The summed E-state index contributed by atoms with van der Waals surface area (Å²) in [5.41, 5.74) is 4.50. The van der Waals surface area contributed by atoms with Crippen molar-refractivity contribution in [2.24, 2.45) is 0 Å². The van der Waals surface area contributed by atoms with Crippen LogP contribution in [0, 0.1) is 0 Å². The van der Waals surface area contributed by atoms with Gasteiger partial charge in [0.05, 0.1) is 24.2 Å². The van der Waals surface area contributed by atoms with E-state index in [1.54, 1.807) is 7.11 Å². The molecule has 0 saturated carbocycles. The molecular weight excluding hydrogens is 272 g/mol. The first-order valence-electron chi connectivity index (χ1n) is 7.42. The number of rotatable bonds is 2. The van der Waals surface area contributed by atoms with Crippen LogP contribution >= 0.6 is 0 Å². The van der Waals surface area contributed by atoms with E-state index < -0.39 is 0 Å². The number of methoxy groups -OCH3 is 1. The molecule has 3 heteroatoms. The van der Waals surface area contributed by atoms with E-state index in [1.165, 1.54) is 16.9 Å². The van der Waals surface area contributed by atoms with Gasteiger partial charge in [-0.3, -0.25) is 0 Å². The van der Waals surface area contributed by atoms with Crippen LogP contribution in [0.3, 0.4) is 0 Å². The Balaban J connectivity index is 1.89. The maximum absolute atomic E-state index is 5.27. The highest BCUT2D eigenvalue weighted by atomic mass is 16.5. The van der Waals surface area contributed by atoms with Crippen molar-refractivity contribution in [3.63, 3.8) is 0 Å². The Hall–Kier alpha value is -2.68. The average Bonchev–Trinajstić information content (AvgIpc) is 3.06. The normalized spacial score (nSPS) is 19.0. The second-order valence-electron chi connectivity index (χ2n) is 5.76. The van der Waals surface area contributed by atoms with Crippen LogP contribution < -0.4 is 10.1 Å². The topological polar surface area (TPSA) is 26.2 Å². The molecule has 1 unspecified atom stereocenters. The first-order valence-corrected chi connectivity index (χ1v) is 7.42. The van der Waals surface area contributed by atoms with E-state index >= 15 is 0 Å². The fourth-order valence-corrected chi connectivity index (χ4v) is 3.27. The predicted octanol–water partition coefficient (Wildman–Crippen LogP) is 4.17. The molecular formula is C19H18N2O. The van der Waals surface area contributed by atoms with Crippen LogP contribution in [0.5, 0.6) is 5.75 Å². The Labute approximate surface area is 130 Å². The Kier molecular flexibility index (Phi) is 2.76. The van der Waals surface area contributed by atoms with Gasteiger partial charge in [-0.15, -0.1) is 0 Å². The van der Waals surface area contributed by atoms with E-state index in [1.807, 2.05) is 12.1 Å². The maximum Gasteiger partial charge on any atom is 0.118 e. The molecule has 2 aromatic carbocycles. The van der Waals surface area contributed by atoms with Crippen molar-refractivity contribution in [1.82, 2.24) is 4.57 Å². The highest BCUT2D eigenvalue weighted by molar-refractivity contribution is 5.68. The zero-order valence-corrected chi connectivity index (χ0v) is 12.7. The lowest BCUT2D eigenvalue weighted by Crippen LogP contribution is -2.38. The molecule has 1 aliphatic heterocycles. The fraction of sp³-hybridized carbons (Fsp3) is 0.158. The van der Waals surface area contributed by atoms with Crippen LogP contribution in [-0.4, -0.2) is 11.7 Å². The molecule has 0 spiro atoms. The molecule has 1 atom stereocenters. The van der Waals surface area contributed by atoms with Crippen LogP contribution in [0.2, 0.25) is 0 Å². The molecule has 0 bridgehead atoms. The molecule has 1 N–H and O–H groups in total. The molecule has 1 aliphatic rings. The van der Waals surface area contributed by atoms with Crippen molar-refractivity contribution in [2.75, 3.05) is 12.4 Å². The molecule has 0 saturated heterocycles. The number of anilines is 1. The van der Waals surface area contributed by atoms with Gasteiger partial charge in [0.15, 0.2) is 0 Å². The standard InChI is InChI=1S/C19H18N2O/c1-19(14-9-11-15(22-2)12-10-14)18-8-5-13-21(18)17-7-4-3-6-16(17)20-19/h3-13,20H,1-2H3. The highest BCUT2D eigenvalue weighted by Crippen LogP contribution is 2.41. The number of hydrogen-bond acceptors (Lipinski definition) is 2. The molecule has 0 fully saturated rings. The van der Waals surface area contributed by atoms with Gasteiger partial charge < -0.3 is 14.6 Å². The van der Waals surface area contributed by atoms with Crippen molar-refractivity contribution in [2.45, 2.75) is 12.5 Å². The summed E-state index contributed by atoms with van der Waals surface area (Å²) in [4.78, 5) is 0. The number of para-hydroxylation sites is 2. The Morgan fingerprint density at radius 2 is 1.73 bits per heavy atom. The summed E-state index contributed by atoms with van der Waals surface area (Å²) in [6.07, 6.45) is 2.12. The molecule has 3 aromatic rings. The number of fused-ring (bicyclic) bond motifs is 3. The number of hydrogen-bond donors (Lipinski definition) is 1. The zero-order valence-electron chi connectivity index (χ0n) is 12.7. The quantitative estimate of drug-likeness (QED) is 0.766. The molecule has 0 radical (unpaired) electrons. The second-order valence-corrected chi connectivity index (χ2v) is 5.76. The first-order chi connectivity index (χ1) is 10.7. The number of aromatic nitrogens is 1. The average molecular weight is 290 g/mol. The highest BCUT2D eigenvalue weighted by Gasteiger charge is 2.35. The molecule has 0 amide bonds. The van der Waals surface area contributed by atoms with E-state index in [9.17, 15) is 0 Å². The van der Waals surface area contributed by atoms with Crippen molar-refractivity contribution in [1.29, 1.82) is 0 Å². The maximum atomic E-state index is 5.27. The van der Waals surface area contributed by atoms with Gasteiger partial charge in [-0.1, -0.05) is 24.3 Å². The molecule has 22 heavy (non-hydrogen) atoms. The number of benzene rings is 2. The number of nitrogens with zero attached hydrogens (tertiary/aromatic N) is 1. The zero-order chi connectivity index (χ0) is 15.2. The Morgan fingerprint density at radius 1 is 0.955 bits per heavy atom. The lowest BCUT2D eigenvalue weighted by Gasteiger charge is -2.38. The minimum Gasteiger partial charge on any atom is -0.497 e. The van der Waals surface area contributed by atoms with E-state index in [4.69, 9.17) is 4.74 Å². The lowest BCUT2D eigenvalue weighted by atomic mass is 9.86. The first kappa shape index (κ1) is 13.0. The molecule has 1 aromatic heterocycles. The fourth-order valence-electron chi connectivity index (χ4n) is 3.27. The molecule has 2 heterocycles. The number of nitrogens with one attached hydrogen (secondary N) is 1. The van der Waals surface area contributed by atoms with Crippen molar-refractivity contribution < 1.29 is 4.74 Å². The van der Waals surface area contributed by atoms with Gasteiger partial charge in [0.25, 0.3) is 0 Å². The third kappa shape index (κ3) is 1.75. The van der Waals surface area contributed by atoms with E-state index in [0.717, 1.165) is 11.4 Å². The summed E-state index contributed by atoms with van der Waals surface area (Å²) < 4.78 is 7.53. The van der Waals surface area contributed by atoms with Gasteiger partial charge in [0.1, 0.15) is 11.3 Å². The summed E-state index contributed by atoms with van der Waals surface area (Å²) in [5.74, 6) is 0.874. The third-order valence-electron chi connectivity index (χ3n) is 4.48. The van der Waals surface area contributed by atoms with Crippen LogP contribution in [0.25, 0.3) is 5.69 Å². The van der Waals surface area contributed by atoms with Crippen molar-refractivity contribution >= 4 is 5.69 Å². The second kappa shape index (κ2) is 4.67. The molecule has 3 nitrogen and oxygen atoms in total. The molecule has 0 aliphatic carbocycles. The van der Waals surface area contributed by atoms with E-state index in [2.05, 4.69) is 71.5 Å². The minimum absolute atomic E-state index is 0.274. The van der Waals surface area contributed by atoms with Crippen LogP contribution in [0.1, 0.15) is 18.2 Å². The van der Waals surface area contributed by atoms with Gasteiger partial charge in [-0.2, -0.15) is 0 Å². The summed E-state index contributed by atoms with van der Waals surface area (Å²) in [6, 6.07) is 20.9. The van der Waals surface area contributed by atoms with E-state index in [0.29, 0.717) is 0 Å². The van der Waals surface area contributed by atoms with Gasteiger partial charge >= 0.3 is 0 Å². The Morgan fingerprint density at radius 3 is 2.50 bits per heavy atom.